The van der Waals surface area contributed by atoms with Crippen molar-refractivity contribution in [2.45, 2.75) is 77.5 Å². The second kappa shape index (κ2) is 10.5. The van der Waals surface area contributed by atoms with Gasteiger partial charge in [0.25, 0.3) is 0 Å². The minimum atomic E-state index is -4.02. The number of hydrogen-bond acceptors (Lipinski definition) is 8. The van der Waals surface area contributed by atoms with Crippen LogP contribution >= 0.6 is 0 Å². The summed E-state index contributed by atoms with van der Waals surface area (Å²) < 4.78 is 56.1. The number of rotatable bonds is 8. The summed E-state index contributed by atoms with van der Waals surface area (Å²) in [5.41, 5.74) is 1.22. The third kappa shape index (κ3) is 7.37. The van der Waals surface area contributed by atoms with Crippen molar-refractivity contribution in [2.75, 3.05) is 21.5 Å². The fraction of sp³-hybridized carbons (Fsp3) is 0.583. The number of benzene rings is 1. The summed E-state index contributed by atoms with van der Waals surface area (Å²) in [4.78, 5) is 12.0. The van der Waals surface area contributed by atoms with E-state index in [1.807, 2.05) is 45.4 Å². The van der Waals surface area contributed by atoms with Crippen LogP contribution in [0, 0.1) is 0 Å². The van der Waals surface area contributed by atoms with E-state index in [2.05, 4.69) is 10.6 Å². The summed E-state index contributed by atoms with van der Waals surface area (Å²) in [7, 11) is -8.04. The van der Waals surface area contributed by atoms with Crippen LogP contribution in [0.5, 0.6) is 0 Å². The molecule has 1 aromatic heterocycles. The topological polar surface area (TPSA) is 140 Å². The molecule has 1 aromatic carbocycles. The van der Waals surface area contributed by atoms with Gasteiger partial charge in [0, 0.05) is 23.7 Å². The number of anilines is 3. The molecule has 0 aliphatic heterocycles. The zero-order valence-electron chi connectivity index (χ0n) is 22.3. The second-order valence-corrected chi connectivity index (χ2v) is 14.7. The molecule has 206 valence electrons. The van der Waals surface area contributed by atoms with Gasteiger partial charge in [0.2, 0.25) is 20.0 Å². The number of aromatic nitrogens is 2. The molecule has 2 aromatic rings. The molecule has 1 heterocycles. The van der Waals surface area contributed by atoms with E-state index in [-0.39, 0.29) is 29.3 Å². The van der Waals surface area contributed by atoms with Crippen molar-refractivity contribution in [1.82, 2.24) is 15.1 Å². The first kappa shape index (κ1) is 28.8. The van der Waals surface area contributed by atoms with Crippen LogP contribution in [0.25, 0.3) is 0 Å². The Balaban J connectivity index is 1.81. The minimum Gasteiger partial charge on any atom is -0.446 e. The van der Waals surface area contributed by atoms with Gasteiger partial charge in [-0.05, 0) is 78.1 Å². The van der Waals surface area contributed by atoms with Crippen LogP contribution in [0.4, 0.5) is 22.0 Å². The molecule has 0 spiro atoms. The number of nitrogens with zero attached hydrogens (tertiary/aromatic N) is 3. The number of amides is 1. The first-order chi connectivity index (χ1) is 16.9. The number of carbonyl (C=O) groups excluding carboxylic acids is 1. The summed E-state index contributed by atoms with van der Waals surface area (Å²) in [6.45, 7) is 9.86. The highest BCUT2D eigenvalue weighted by Gasteiger charge is 2.32. The Hall–Kier alpha value is -2.80. The molecule has 13 heteroatoms. The van der Waals surface area contributed by atoms with Crippen molar-refractivity contribution in [3.63, 3.8) is 0 Å². The highest BCUT2D eigenvalue weighted by Crippen LogP contribution is 2.38. The van der Waals surface area contributed by atoms with Gasteiger partial charge in [0.05, 0.1) is 29.4 Å². The lowest BCUT2D eigenvalue weighted by Crippen LogP contribution is -2.35. The van der Waals surface area contributed by atoms with Crippen molar-refractivity contribution in [3.05, 3.63) is 36.0 Å². The Morgan fingerprint density at radius 3 is 2.19 bits per heavy atom. The summed E-state index contributed by atoms with van der Waals surface area (Å²) in [5.74, 6) is 0.877. The molecule has 0 unspecified atom stereocenters. The van der Waals surface area contributed by atoms with Crippen LogP contribution in [-0.4, -0.2) is 57.4 Å². The van der Waals surface area contributed by atoms with Crippen molar-refractivity contribution in [2.24, 2.45) is 0 Å². The van der Waals surface area contributed by atoms with Gasteiger partial charge in [0.1, 0.15) is 11.9 Å². The summed E-state index contributed by atoms with van der Waals surface area (Å²) >= 11 is 0. The Kier molecular flexibility index (Phi) is 8.18. The zero-order chi connectivity index (χ0) is 27.8. The normalized spacial score (nSPS) is 18.6. The van der Waals surface area contributed by atoms with E-state index >= 15 is 0 Å². The monoisotopic (exact) mass is 555 g/mol. The van der Waals surface area contributed by atoms with Crippen LogP contribution < -0.4 is 14.3 Å². The van der Waals surface area contributed by atoms with Crippen LogP contribution in [0.2, 0.25) is 0 Å². The molecule has 0 radical (unpaired) electrons. The molecular weight excluding hydrogens is 518 g/mol. The third-order valence-corrected chi connectivity index (χ3v) is 9.05. The van der Waals surface area contributed by atoms with Gasteiger partial charge in [0.15, 0.2) is 0 Å². The molecule has 1 aliphatic rings. The lowest BCUT2D eigenvalue weighted by atomic mass is 10.0. The van der Waals surface area contributed by atoms with E-state index in [4.69, 9.17) is 9.84 Å². The molecule has 1 saturated carbocycles. The number of carbonyl (C=O) groups is 1. The number of sulfonamides is 2. The van der Waals surface area contributed by atoms with E-state index in [1.54, 1.807) is 12.1 Å². The summed E-state index contributed by atoms with van der Waals surface area (Å²) in [6.07, 6.45) is 3.42. The molecule has 1 amide bonds. The molecule has 3 rings (SSSR count). The zero-order valence-corrected chi connectivity index (χ0v) is 24.0. The maximum absolute atomic E-state index is 12.1. The number of nitrogens with one attached hydrogen (secondary N) is 2. The first-order valence-corrected chi connectivity index (χ1v) is 15.8. The average molecular weight is 556 g/mol. The van der Waals surface area contributed by atoms with Gasteiger partial charge in [-0.25, -0.2) is 26.3 Å². The van der Waals surface area contributed by atoms with Gasteiger partial charge in [-0.15, -0.1) is 0 Å². The molecule has 2 N–H and O–H groups in total. The second-order valence-electron chi connectivity index (χ2n) is 10.8. The van der Waals surface area contributed by atoms with Crippen LogP contribution in [0.3, 0.4) is 0 Å². The van der Waals surface area contributed by atoms with E-state index < -0.39 is 26.1 Å². The Morgan fingerprint density at radius 1 is 1.08 bits per heavy atom. The van der Waals surface area contributed by atoms with Crippen molar-refractivity contribution in [3.8, 4) is 0 Å². The van der Waals surface area contributed by atoms with E-state index in [1.165, 1.54) is 12.1 Å². The standard InChI is InChI=1S/C24H37N5O6S2/c1-16(2)25-23(30)35-20-13-8-17(14-20)21-15-22(28(27-21)24(3,4)5)26-18-9-11-19(12-10-18)29(36(6,31)32)37(7,33)34/h9-12,15-17,20,26H,8,13-14H2,1-7H3,(H,25,30)/t17-,20+/m0/s1. The van der Waals surface area contributed by atoms with E-state index in [0.717, 1.165) is 36.9 Å². The highest BCUT2D eigenvalue weighted by molar-refractivity contribution is 8.09. The van der Waals surface area contributed by atoms with Crippen molar-refractivity contribution in [1.29, 1.82) is 0 Å². The molecule has 0 saturated heterocycles. The van der Waals surface area contributed by atoms with Crippen LogP contribution in [0.15, 0.2) is 30.3 Å². The maximum atomic E-state index is 12.1. The lowest BCUT2D eigenvalue weighted by Gasteiger charge is -2.23. The van der Waals surface area contributed by atoms with Gasteiger partial charge in [-0.2, -0.15) is 8.81 Å². The molecule has 2 atom stereocenters. The lowest BCUT2D eigenvalue weighted by molar-refractivity contribution is 0.0981. The smallest absolute Gasteiger partial charge is 0.407 e. The number of alkyl carbamates (subject to hydrolysis) is 1. The van der Waals surface area contributed by atoms with E-state index in [0.29, 0.717) is 15.8 Å². The van der Waals surface area contributed by atoms with Crippen molar-refractivity contribution < 1.29 is 26.4 Å². The predicted octanol–water partition coefficient (Wildman–Crippen LogP) is 3.88. The van der Waals surface area contributed by atoms with Crippen LogP contribution in [-0.2, 0) is 30.3 Å². The molecular formula is C24H37N5O6S2. The molecule has 1 aliphatic carbocycles. The highest BCUT2D eigenvalue weighted by atomic mass is 32.3. The predicted molar refractivity (Wildman–Crippen MR) is 144 cm³/mol. The third-order valence-electron chi connectivity index (χ3n) is 5.80. The molecule has 37 heavy (non-hydrogen) atoms. The molecule has 1 fully saturated rings. The van der Waals surface area contributed by atoms with Gasteiger partial charge < -0.3 is 15.4 Å². The van der Waals surface area contributed by atoms with E-state index in [9.17, 15) is 21.6 Å². The van der Waals surface area contributed by atoms with Gasteiger partial charge >= 0.3 is 6.09 Å². The summed E-state index contributed by atoms with van der Waals surface area (Å²) in [6, 6.07) is 8.08. The SMILES string of the molecule is CC(C)NC(=O)O[C@@H]1CC[C@H](c2cc(Nc3ccc(N(S(C)(=O)=O)S(C)(=O)=O)cc3)n(C(C)(C)C)n2)C1. The quantitative estimate of drug-likeness (QED) is 0.500. The van der Waals surface area contributed by atoms with Crippen molar-refractivity contribution >= 4 is 43.3 Å². The molecule has 0 bridgehead atoms. The molecule has 11 nitrogen and oxygen atoms in total. The van der Waals surface area contributed by atoms with Crippen LogP contribution in [0.1, 0.15) is 65.5 Å². The number of hydrogen-bond donors (Lipinski definition) is 2. The van der Waals surface area contributed by atoms with Gasteiger partial charge in [-0.1, -0.05) is 0 Å². The Labute approximate surface area is 219 Å². The Morgan fingerprint density at radius 2 is 1.68 bits per heavy atom. The largest absolute Gasteiger partial charge is 0.446 e. The average Bonchev–Trinajstić information content (AvgIpc) is 3.33. The fourth-order valence-corrected chi connectivity index (χ4v) is 7.36. The van der Waals surface area contributed by atoms with Gasteiger partial charge in [-0.3, -0.25) is 0 Å². The fourth-order valence-electron chi connectivity index (χ4n) is 4.38. The summed E-state index contributed by atoms with van der Waals surface area (Å²) in [5, 5.41) is 10.9. The minimum absolute atomic E-state index is 0.00991. The maximum Gasteiger partial charge on any atom is 0.407 e. The first-order valence-electron chi connectivity index (χ1n) is 12.1. The Bertz CT molecular complexity index is 1300. The number of ether oxygens (including phenoxy) is 1.